The molecule has 2 heterocycles. The quantitative estimate of drug-likeness (QED) is 0.682. The number of aromatic nitrogens is 1. The Labute approximate surface area is 80.4 Å². The van der Waals surface area contributed by atoms with Crippen LogP contribution in [0.1, 0.15) is 19.9 Å². The van der Waals surface area contributed by atoms with Crippen LogP contribution in [0.5, 0.6) is 0 Å². The lowest BCUT2D eigenvalue weighted by Gasteiger charge is -2.08. The molecule has 0 atom stereocenters. The first kappa shape index (κ1) is 8.51. The van der Waals surface area contributed by atoms with Crippen LogP contribution in [0.4, 0.5) is 0 Å². The van der Waals surface area contributed by atoms with Gasteiger partial charge in [0.15, 0.2) is 0 Å². The maximum Gasteiger partial charge on any atom is 0.259 e. The molecule has 3 heteroatoms. The summed E-state index contributed by atoms with van der Waals surface area (Å²) in [5.74, 6) is 0. The number of hydrogen-bond acceptors (Lipinski definition) is 2. The van der Waals surface area contributed by atoms with Gasteiger partial charge in [-0.05, 0) is 31.4 Å². The first-order chi connectivity index (χ1) is 6.20. The van der Waals surface area contributed by atoms with Crippen molar-refractivity contribution in [1.82, 2.24) is 4.57 Å². The predicted molar refractivity (Wildman–Crippen MR) is 56.5 cm³/mol. The summed E-state index contributed by atoms with van der Waals surface area (Å²) >= 11 is 1.61. The number of hydrogen-bond donors (Lipinski definition) is 0. The maximum absolute atomic E-state index is 11.8. The molecule has 0 aromatic carbocycles. The SMILES string of the molecule is CC(C)n1ccc2sccc2c1=O. The molecule has 0 radical (unpaired) electrons. The number of nitrogens with zero attached hydrogens (tertiary/aromatic N) is 1. The molecule has 0 unspecified atom stereocenters. The molecule has 2 nitrogen and oxygen atoms in total. The van der Waals surface area contributed by atoms with Crippen LogP contribution < -0.4 is 5.56 Å². The lowest BCUT2D eigenvalue weighted by atomic mass is 10.3. The van der Waals surface area contributed by atoms with Crippen molar-refractivity contribution in [3.63, 3.8) is 0 Å². The van der Waals surface area contributed by atoms with Gasteiger partial charge in [-0.3, -0.25) is 4.79 Å². The van der Waals surface area contributed by atoms with Gasteiger partial charge in [-0.1, -0.05) is 0 Å². The van der Waals surface area contributed by atoms with Gasteiger partial charge in [0.25, 0.3) is 5.56 Å². The fraction of sp³-hybridized carbons (Fsp3) is 0.300. The summed E-state index contributed by atoms with van der Waals surface area (Å²) in [6, 6.07) is 4.12. The Morgan fingerprint density at radius 3 is 2.85 bits per heavy atom. The lowest BCUT2D eigenvalue weighted by Crippen LogP contribution is -2.20. The molecular weight excluding hydrogens is 182 g/mol. The molecule has 0 aliphatic rings. The Bertz CT molecular complexity index is 481. The van der Waals surface area contributed by atoms with Gasteiger partial charge in [-0.15, -0.1) is 11.3 Å². The molecule has 0 bridgehead atoms. The predicted octanol–water partition coefficient (Wildman–Crippen LogP) is 2.64. The zero-order chi connectivity index (χ0) is 9.42. The fourth-order valence-corrected chi connectivity index (χ4v) is 2.16. The molecule has 2 rings (SSSR count). The van der Waals surface area contributed by atoms with Crippen LogP contribution in [0.15, 0.2) is 28.5 Å². The van der Waals surface area contributed by atoms with Crippen LogP contribution in [-0.2, 0) is 0 Å². The Balaban J connectivity index is 2.81. The number of fused-ring (bicyclic) bond motifs is 1. The third kappa shape index (κ3) is 1.29. The van der Waals surface area contributed by atoms with E-state index < -0.39 is 0 Å². The fourth-order valence-electron chi connectivity index (χ4n) is 1.39. The lowest BCUT2D eigenvalue weighted by molar-refractivity contribution is 0.583. The van der Waals surface area contributed by atoms with E-state index in [4.69, 9.17) is 0 Å². The molecule has 0 saturated carbocycles. The van der Waals surface area contributed by atoms with E-state index in [0.717, 1.165) is 10.1 Å². The highest BCUT2D eigenvalue weighted by atomic mass is 32.1. The van der Waals surface area contributed by atoms with Crippen LogP contribution in [0, 0.1) is 0 Å². The molecule has 2 aromatic heterocycles. The van der Waals surface area contributed by atoms with Crippen molar-refractivity contribution < 1.29 is 0 Å². The van der Waals surface area contributed by atoms with Gasteiger partial charge in [0.05, 0.1) is 5.39 Å². The van der Waals surface area contributed by atoms with Gasteiger partial charge in [-0.25, -0.2) is 0 Å². The smallest absolute Gasteiger partial charge is 0.259 e. The number of pyridine rings is 1. The summed E-state index contributed by atoms with van der Waals surface area (Å²) in [5, 5.41) is 2.79. The molecule has 0 amide bonds. The van der Waals surface area contributed by atoms with Crippen molar-refractivity contribution in [2.75, 3.05) is 0 Å². The van der Waals surface area contributed by atoms with E-state index in [2.05, 4.69) is 0 Å². The molecule has 68 valence electrons. The van der Waals surface area contributed by atoms with Crippen LogP contribution in [0.3, 0.4) is 0 Å². The summed E-state index contributed by atoms with van der Waals surface area (Å²) in [6.07, 6.45) is 1.87. The van der Waals surface area contributed by atoms with Crippen molar-refractivity contribution in [2.24, 2.45) is 0 Å². The van der Waals surface area contributed by atoms with E-state index in [1.165, 1.54) is 0 Å². The average molecular weight is 193 g/mol. The molecule has 0 saturated heterocycles. The highest BCUT2D eigenvalue weighted by Crippen LogP contribution is 2.17. The van der Waals surface area contributed by atoms with Crippen molar-refractivity contribution in [1.29, 1.82) is 0 Å². The van der Waals surface area contributed by atoms with Gasteiger partial charge in [0.2, 0.25) is 0 Å². The van der Waals surface area contributed by atoms with E-state index in [1.807, 2.05) is 37.6 Å². The van der Waals surface area contributed by atoms with Crippen molar-refractivity contribution in [3.8, 4) is 0 Å². The molecule has 0 N–H and O–H groups in total. The Kier molecular flexibility index (Phi) is 1.96. The zero-order valence-electron chi connectivity index (χ0n) is 7.65. The Morgan fingerprint density at radius 2 is 2.15 bits per heavy atom. The van der Waals surface area contributed by atoms with Gasteiger partial charge in [-0.2, -0.15) is 0 Å². The third-order valence-corrected chi connectivity index (χ3v) is 2.99. The van der Waals surface area contributed by atoms with E-state index in [1.54, 1.807) is 15.9 Å². The number of rotatable bonds is 1. The number of thiophene rings is 1. The van der Waals surface area contributed by atoms with Crippen LogP contribution in [0.25, 0.3) is 10.1 Å². The van der Waals surface area contributed by atoms with Crippen LogP contribution in [-0.4, -0.2) is 4.57 Å². The van der Waals surface area contributed by atoms with Crippen molar-refractivity contribution in [3.05, 3.63) is 34.1 Å². The van der Waals surface area contributed by atoms with Gasteiger partial charge >= 0.3 is 0 Å². The highest BCUT2D eigenvalue weighted by Gasteiger charge is 2.04. The molecule has 0 spiro atoms. The summed E-state index contributed by atoms with van der Waals surface area (Å²) in [4.78, 5) is 11.8. The van der Waals surface area contributed by atoms with Crippen LogP contribution in [0.2, 0.25) is 0 Å². The third-order valence-electron chi connectivity index (χ3n) is 2.10. The summed E-state index contributed by atoms with van der Waals surface area (Å²) < 4.78 is 2.83. The minimum atomic E-state index is 0.119. The Hall–Kier alpha value is -1.09. The minimum absolute atomic E-state index is 0.119. The van der Waals surface area contributed by atoms with E-state index in [-0.39, 0.29) is 11.6 Å². The summed E-state index contributed by atoms with van der Waals surface area (Å²) in [7, 11) is 0. The van der Waals surface area contributed by atoms with Gasteiger partial charge in [0.1, 0.15) is 0 Å². The second-order valence-corrected chi connectivity index (χ2v) is 4.27. The first-order valence-corrected chi connectivity index (χ1v) is 5.16. The second kappa shape index (κ2) is 3.00. The average Bonchev–Trinajstić information content (AvgIpc) is 2.52. The molecule has 2 aromatic rings. The van der Waals surface area contributed by atoms with E-state index in [9.17, 15) is 4.79 Å². The standard InChI is InChI=1S/C10H11NOS/c1-7(2)11-5-3-9-8(10(11)12)4-6-13-9/h3-7H,1-2H3. The molecule has 0 fully saturated rings. The molecule has 0 aliphatic carbocycles. The topological polar surface area (TPSA) is 22.0 Å². The van der Waals surface area contributed by atoms with Crippen molar-refractivity contribution in [2.45, 2.75) is 19.9 Å². The van der Waals surface area contributed by atoms with Crippen LogP contribution >= 0.6 is 11.3 Å². The largest absolute Gasteiger partial charge is 0.312 e. The Morgan fingerprint density at radius 1 is 1.38 bits per heavy atom. The second-order valence-electron chi connectivity index (χ2n) is 3.32. The van der Waals surface area contributed by atoms with E-state index >= 15 is 0 Å². The highest BCUT2D eigenvalue weighted by molar-refractivity contribution is 7.17. The molecular formula is C10H11NOS. The monoisotopic (exact) mass is 193 g/mol. The first-order valence-electron chi connectivity index (χ1n) is 4.28. The molecule has 13 heavy (non-hydrogen) atoms. The van der Waals surface area contributed by atoms with Crippen molar-refractivity contribution >= 4 is 21.4 Å². The normalized spacial score (nSPS) is 11.3. The summed E-state index contributed by atoms with van der Waals surface area (Å²) in [6.45, 7) is 4.03. The summed E-state index contributed by atoms with van der Waals surface area (Å²) in [5.41, 5.74) is 0.119. The van der Waals surface area contributed by atoms with Gasteiger partial charge < -0.3 is 4.57 Å². The van der Waals surface area contributed by atoms with E-state index in [0.29, 0.717) is 0 Å². The zero-order valence-corrected chi connectivity index (χ0v) is 8.47. The molecule has 0 aliphatic heterocycles. The maximum atomic E-state index is 11.8. The van der Waals surface area contributed by atoms with Gasteiger partial charge in [0, 0.05) is 16.9 Å². The minimum Gasteiger partial charge on any atom is -0.312 e.